The first-order valence-corrected chi connectivity index (χ1v) is 4.53. The largest absolute Gasteiger partial charge is 0.321 e. The summed E-state index contributed by atoms with van der Waals surface area (Å²) in [6, 6.07) is 1.62. The van der Waals surface area contributed by atoms with Gasteiger partial charge < -0.3 is 5.73 Å². The molecule has 1 aromatic heterocycles. The zero-order chi connectivity index (χ0) is 7.84. The summed E-state index contributed by atoms with van der Waals surface area (Å²) in [6.07, 6.45) is 1.78. The molecular formula is C8H9NOS. The predicted octanol–water partition coefficient (Wildman–Crippen LogP) is 1.20. The highest BCUT2D eigenvalue weighted by Gasteiger charge is 2.24. The van der Waals surface area contributed by atoms with E-state index in [1.54, 1.807) is 11.3 Å². The van der Waals surface area contributed by atoms with Crippen LogP contribution in [0.1, 0.15) is 21.7 Å². The second kappa shape index (κ2) is 2.43. The Hall–Kier alpha value is -0.670. The smallest absolute Gasteiger partial charge is 0.180 e. The van der Waals surface area contributed by atoms with Crippen LogP contribution in [-0.2, 0) is 6.42 Å². The van der Waals surface area contributed by atoms with Gasteiger partial charge in [-0.05, 0) is 24.3 Å². The monoisotopic (exact) mass is 167 g/mol. The zero-order valence-corrected chi connectivity index (χ0v) is 6.86. The summed E-state index contributed by atoms with van der Waals surface area (Å²) in [5.74, 6) is 0.118. The standard InChI is InChI=1S/C8H9NOS/c9-6-1-2-7-5(8(6)10)3-4-11-7/h3-4,6H,1-2,9H2. The van der Waals surface area contributed by atoms with Crippen LogP contribution in [0.15, 0.2) is 11.4 Å². The highest BCUT2D eigenvalue weighted by Crippen LogP contribution is 2.25. The zero-order valence-electron chi connectivity index (χ0n) is 6.04. The molecule has 0 amide bonds. The van der Waals surface area contributed by atoms with Crippen LogP contribution in [-0.4, -0.2) is 11.8 Å². The Kier molecular flexibility index (Phi) is 1.55. The van der Waals surface area contributed by atoms with Crippen LogP contribution in [0.25, 0.3) is 0 Å². The number of carbonyl (C=O) groups is 1. The lowest BCUT2D eigenvalue weighted by atomic mass is 9.94. The number of thiophene rings is 1. The Morgan fingerprint density at radius 3 is 3.27 bits per heavy atom. The van der Waals surface area contributed by atoms with Gasteiger partial charge in [-0.25, -0.2) is 0 Å². The van der Waals surface area contributed by atoms with Crippen molar-refractivity contribution in [1.82, 2.24) is 0 Å². The van der Waals surface area contributed by atoms with Gasteiger partial charge in [-0.2, -0.15) is 0 Å². The van der Waals surface area contributed by atoms with Crippen molar-refractivity contribution in [3.63, 3.8) is 0 Å². The van der Waals surface area contributed by atoms with Gasteiger partial charge in [0.15, 0.2) is 5.78 Å². The fourth-order valence-corrected chi connectivity index (χ4v) is 2.27. The summed E-state index contributed by atoms with van der Waals surface area (Å²) in [7, 11) is 0. The van der Waals surface area contributed by atoms with Gasteiger partial charge in [0.2, 0.25) is 0 Å². The summed E-state index contributed by atoms with van der Waals surface area (Å²) in [5, 5.41) is 1.96. The van der Waals surface area contributed by atoms with Gasteiger partial charge in [-0.3, -0.25) is 4.79 Å². The lowest BCUT2D eigenvalue weighted by molar-refractivity contribution is 0.0949. The molecule has 0 saturated carbocycles. The average Bonchev–Trinajstić information content (AvgIpc) is 2.45. The molecule has 0 bridgehead atoms. The molecule has 2 nitrogen and oxygen atoms in total. The Bertz CT molecular complexity index is 292. The maximum absolute atomic E-state index is 11.4. The van der Waals surface area contributed by atoms with Gasteiger partial charge >= 0.3 is 0 Å². The minimum Gasteiger partial charge on any atom is -0.321 e. The normalized spacial score (nSPS) is 23.4. The highest BCUT2D eigenvalue weighted by molar-refractivity contribution is 7.10. The summed E-state index contributed by atoms with van der Waals surface area (Å²) in [4.78, 5) is 12.6. The molecule has 1 unspecified atom stereocenters. The molecule has 0 aliphatic heterocycles. The quantitative estimate of drug-likeness (QED) is 0.631. The number of ketones is 1. The van der Waals surface area contributed by atoms with Gasteiger partial charge in [0, 0.05) is 10.4 Å². The highest BCUT2D eigenvalue weighted by atomic mass is 32.1. The molecule has 1 atom stereocenters. The van der Waals surface area contributed by atoms with Crippen LogP contribution in [0.4, 0.5) is 0 Å². The number of fused-ring (bicyclic) bond motifs is 1. The third kappa shape index (κ3) is 1.01. The third-order valence-corrected chi connectivity index (χ3v) is 3.01. The Labute approximate surface area is 69.0 Å². The fraction of sp³-hybridized carbons (Fsp3) is 0.375. The number of rotatable bonds is 0. The Morgan fingerprint density at radius 2 is 2.45 bits per heavy atom. The van der Waals surface area contributed by atoms with Gasteiger partial charge in [-0.15, -0.1) is 11.3 Å². The molecule has 3 heteroatoms. The Balaban J connectivity index is 2.46. The number of nitrogens with two attached hydrogens (primary N) is 1. The molecule has 1 aliphatic rings. The molecule has 11 heavy (non-hydrogen) atoms. The van der Waals surface area contributed by atoms with Gasteiger partial charge in [0.05, 0.1) is 6.04 Å². The molecule has 0 aromatic carbocycles. The minimum atomic E-state index is -0.253. The van der Waals surface area contributed by atoms with Crippen molar-refractivity contribution in [3.05, 3.63) is 21.9 Å². The van der Waals surface area contributed by atoms with Crippen LogP contribution in [0.2, 0.25) is 0 Å². The van der Waals surface area contributed by atoms with Crippen molar-refractivity contribution in [2.45, 2.75) is 18.9 Å². The van der Waals surface area contributed by atoms with Gasteiger partial charge in [0.1, 0.15) is 0 Å². The van der Waals surface area contributed by atoms with E-state index in [0.29, 0.717) is 0 Å². The second-order valence-corrected chi connectivity index (χ2v) is 3.77. The van der Waals surface area contributed by atoms with Crippen molar-refractivity contribution in [3.8, 4) is 0 Å². The predicted molar refractivity (Wildman–Crippen MR) is 44.9 cm³/mol. The fourth-order valence-electron chi connectivity index (χ4n) is 1.37. The molecule has 0 fully saturated rings. The molecule has 0 radical (unpaired) electrons. The molecule has 1 aromatic rings. The van der Waals surface area contributed by atoms with Crippen molar-refractivity contribution in [2.24, 2.45) is 5.73 Å². The SMILES string of the molecule is NC1CCc2sccc2C1=O. The first kappa shape index (κ1) is 7.00. The van der Waals surface area contributed by atoms with E-state index in [4.69, 9.17) is 5.73 Å². The van der Waals surface area contributed by atoms with E-state index in [-0.39, 0.29) is 11.8 Å². The molecule has 58 valence electrons. The summed E-state index contributed by atoms with van der Waals surface area (Å²) in [5.41, 5.74) is 6.46. The first-order valence-electron chi connectivity index (χ1n) is 3.65. The lowest BCUT2D eigenvalue weighted by Gasteiger charge is -2.15. The van der Waals surface area contributed by atoms with Crippen molar-refractivity contribution in [2.75, 3.05) is 0 Å². The van der Waals surface area contributed by atoms with E-state index in [1.165, 1.54) is 4.88 Å². The van der Waals surface area contributed by atoms with E-state index in [1.807, 2.05) is 11.4 Å². The van der Waals surface area contributed by atoms with Gasteiger partial charge in [0.25, 0.3) is 0 Å². The first-order chi connectivity index (χ1) is 5.29. The number of Topliss-reactive ketones (excluding diaryl/α,β-unsaturated/α-hetero) is 1. The van der Waals surface area contributed by atoms with E-state index < -0.39 is 0 Å². The van der Waals surface area contributed by atoms with Crippen LogP contribution in [0.5, 0.6) is 0 Å². The van der Waals surface area contributed by atoms with E-state index in [9.17, 15) is 4.79 Å². The molecule has 0 spiro atoms. The molecular weight excluding hydrogens is 158 g/mol. The topological polar surface area (TPSA) is 43.1 Å². The number of carbonyl (C=O) groups excluding carboxylic acids is 1. The molecule has 0 saturated heterocycles. The lowest BCUT2D eigenvalue weighted by Crippen LogP contribution is -2.34. The summed E-state index contributed by atoms with van der Waals surface area (Å²) >= 11 is 1.65. The maximum atomic E-state index is 11.4. The number of aryl methyl sites for hydroxylation is 1. The molecule has 1 aliphatic carbocycles. The van der Waals surface area contributed by atoms with Gasteiger partial charge in [-0.1, -0.05) is 0 Å². The second-order valence-electron chi connectivity index (χ2n) is 2.77. The van der Waals surface area contributed by atoms with Crippen molar-refractivity contribution < 1.29 is 4.79 Å². The van der Waals surface area contributed by atoms with Crippen molar-refractivity contribution in [1.29, 1.82) is 0 Å². The Morgan fingerprint density at radius 1 is 1.64 bits per heavy atom. The van der Waals surface area contributed by atoms with Crippen LogP contribution >= 0.6 is 11.3 Å². The average molecular weight is 167 g/mol. The van der Waals surface area contributed by atoms with Crippen LogP contribution in [0.3, 0.4) is 0 Å². The minimum absolute atomic E-state index is 0.118. The van der Waals surface area contributed by atoms with E-state index in [0.717, 1.165) is 18.4 Å². The van der Waals surface area contributed by atoms with E-state index >= 15 is 0 Å². The number of hydrogen-bond donors (Lipinski definition) is 1. The van der Waals surface area contributed by atoms with Crippen LogP contribution in [0, 0.1) is 0 Å². The summed E-state index contributed by atoms with van der Waals surface area (Å²) < 4.78 is 0. The molecule has 2 N–H and O–H groups in total. The third-order valence-electron chi connectivity index (χ3n) is 2.03. The van der Waals surface area contributed by atoms with Crippen molar-refractivity contribution >= 4 is 17.1 Å². The summed E-state index contributed by atoms with van der Waals surface area (Å²) in [6.45, 7) is 0. The number of hydrogen-bond acceptors (Lipinski definition) is 3. The molecule has 2 rings (SSSR count). The van der Waals surface area contributed by atoms with Crippen LogP contribution < -0.4 is 5.73 Å². The molecule has 1 heterocycles. The van der Waals surface area contributed by atoms with E-state index in [2.05, 4.69) is 0 Å². The maximum Gasteiger partial charge on any atom is 0.180 e.